The molecule has 1 aliphatic rings. The molecule has 1 aromatic carbocycles. The topological polar surface area (TPSA) is 89.1 Å². The van der Waals surface area contributed by atoms with Gasteiger partial charge in [-0.15, -0.1) is 0 Å². The maximum absolute atomic E-state index is 13.0. The molecule has 7 nitrogen and oxygen atoms in total. The molecular formula is C22H25F3N6O. The smallest absolute Gasteiger partial charge is 0.366 e. The number of aromatic nitrogens is 3. The lowest BCUT2D eigenvalue weighted by Gasteiger charge is -2.32. The number of nitrogens with zero attached hydrogens (tertiary/aromatic N) is 4. The Bertz CT molecular complexity index is 1100. The Hall–Kier alpha value is -3.14. The molecule has 0 aliphatic carbocycles. The van der Waals surface area contributed by atoms with Gasteiger partial charge in [0.25, 0.3) is 5.91 Å². The molecule has 0 saturated carbocycles. The van der Waals surface area contributed by atoms with E-state index < -0.39 is 17.6 Å². The van der Waals surface area contributed by atoms with Gasteiger partial charge in [0.1, 0.15) is 0 Å². The van der Waals surface area contributed by atoms with Crippen molar-refractivity contribution in [3.63, 3.8) is 0 Å². The maximum atomic E-state index is 13.0. The number of alkyl halides is 3. The minimum Gasteiger partial charge on any atom is -0.366 e. The number of carbonyl (C=O) groups is 1. The van der Waals surface area contributed by atoms with Gasteiger partial charge >= 0.3 is 6.18 Å². The van der Waals surface area contributed by atoms with Crippen LogP contribution in [0.4, 0.5) is 19.1 Å². The fraction of sp³-hybridized carbons (Fsp3) is 0.409. The van der Waals surface area contributed by atoms with Crippen LogP contribution in [0.2, 0.25) is 0 Å². The molecular weight excluding hydrogens is 421 g/mol. The van der Waals surface area contributed by atoms with Gasteiger partial charge in [-0.3, -0.25) is 4.79 Å². The summed E-state index contributed by atoms with van der Waals surface area (Å²) in [5.74, 6) is 0.534. The van der Waals surface area contributed by atoms with Crippen LogP contribution in [0, 0.1) is 5.92 Å². The number of primary amides is 1. The number of halogens is 3. The Labute approximate surface area is 183 Å². The predicted octanol–water partition coefficient (Wildman–Crippen LogP) is 3.09. The van der Waals surface area contributed by atoms with Crippen molar-refractivity contribution < 1.29 is 18.0 Å². The second kappa shape index (κ2) is 8.78. The van der Waals surface area contributed by atoms with Crippen molar-refractivity contribution in [1.82, 2.24) is 19.9 Å². The molecule has 3 N–H and O–H groups in total. The van der Waals surface area contributed by atoms with Crippen molar-refractivity contribution in [1.29, 1.82) is 0 Å². The van der Waals surface area contributed by atoms with E-state index in [1.807, 2.05) is 6.20 Å². The molecule has 0 bridgehead atoms. The van der Waals surface area contributed by atoms with Gasteiger partial charge in [0.05, 0.1) is 11.1 Å². The number of fused-ring (bicyclic) bond motifs is 1. The van der Waals surface area contributed by atoms with Gasteiger partial charge in [-0.05, 0) is 43.0 Å². The molecule has 1 aliphatic heterocycles. The molecule has 1 fully saturated rings. The third-order valence-corrected chi connectivity index (χ3v) is 5.97. The van der Waals surface area contributed by atoms with E-state index in [0.717, 1.165) is 49.5 Å². The zero-order chi connectivity index (χ0) is 22.9. The number of rotatable bonds is 6. The second-order valence-electron chi connectivity index (χ2n) is 8.19. The summed E-state index contributed by atoms with van der Waals surface area (Å²) in [5, 5.41) is 4.29. The number of benzene rings is 1. The highest BCUT2D eigenvalue weighted by molar-refractivity contribution is 5.92. The van der Waals surface area contributed by atoms with Crippen molar-refractivity contribution in [3.05, 3.63) is 53.5 Å². The maximum Gasteiger partial charge on any atom is 0.416 e. The van der Waals surface area contributed by atoms with Gasteiger partial charge < -0.3 is 20.5 Å². The average molecular weight is 446 g/mol. The molecule has 170 valence electrons. The summed E-state index contributed by atoms with van der Waals surface area (Å²) >= 11 is 0. The number of nitrogens with one attached hydrogen (secondary N) is 1. The van der Waals surface area contributed by atoms with Gasteiger partial charge in [0.15, 0.2) is 0 Å². The minimum absolute atomic E-state index is 0.288. The molecule has 10 heteroatoms. The van der Waals surface area contributed by atoms with Crippen LogP contribution in [0.5, 0.6) is 0 Å². The fourth-order valence-corrected chi connectivity index (χ4v) is 4.14. The lowest BCUT2D eigenvalue weighted by Crippen LogP contribution is -2.38. The average Bonchev–Trinajstić information content (AvgIpc) is 3.09. The highest BCUT2D eigenvalue weighted by atomic mass is 19.4. The third kappa shape index (κ3) is 4.69. The predicted molar refractivity (Wildman–Crippen MR) is 115 cm³/mol. The van der Waals surface area contributed by atoms with Crippen molar-refractivity contribution in [2.75, 3.05) is 24.5 Å². The molecule has 3 heterocycles. The quantitative estimate of drug-likeness (QED) is 0.608. The Morgan fingerprint density at radius 1 is 1.22 bits per heavy atom. The van der Waals surface area contributed by atoms with E-state index in [2.05, 4.69) is 20.2 Å². The summed E-state index contributed by atoms with van der Waals surface area (Å²) < 4.78 is 40.7. The van der Waals surface area contributed by atoms with E-state index in [0.29, 0.717) is 23.9 Å². The zero-order valence-corrected chi connectivity index (χ0v) is 17.7. The summed E-state index contributed by atoms with van der Waals surface area (Å²) in [7, 11) is 1.76. The van der Waals surface area contributed by atoms with E-state index in [1.54, 1.807) is 17.7 Å². The Kier molecular flexibility index (Phi) is 6.05. The van der Waals surface area contributed by atoms with Crippen LogP contribution >= 0.6 is 0 Å². The summed E-state index contributed by atoms with van der Waals surface area (Å²) in [4.78, 5) is 21.7. The first-order valence-electron chi connectivity index (χ1n) is 10.4. The fourth-order valence-electron chi connectivity index (χ4n) is 4.14. The van der Waals surface area contributed by atoms with Crippen molar-refractivity contribution in [3.8, 4) is 0 Å². The highest BCUT2D eigenvalue weighted by Gasteiger charge is 2.31. The SMILES string of the molecule is Cn1cc(CNCC2CCN(c3ncc(C(N)=O)cn3)CC2)c2ccc(C(F)(F)F)cc21. The van der Waals surface area contributed by atoms with Crippen LogP contribution in [0.3, 0.4) is 0 Å². The molecule has 2 aromatic heterocycles. The first-order valence-corrected chi connectivity index (χ1v) is 10.4. The lowest BCUT2D eigenvalue weighted by molar-refractivity contribution is -0.137. The van der Waals surface area contributed by atoms with Gasteiger partial charge in [-0.1, -0.05) is 6.07 Å². The van der Waals surface area contributed by atoms with Crippen molar-refractivity contribution >= 4 is 22.8 Å². The molecule has 3 aromatic rings. The molecule has 0 atom stereocenters. The molecule has 32 heavy (non-hydrogen) atoms. The number of amides is 1. The first-order chi connectivity index (χ1) is 15.2. The van der Waals surface area contributed by atoms with Crippen LogP contribution in [0.1, 0.15) is 34.3 Å². The summed E-state index contributed by atoms with van der Waals surface area (Å²) in [5.41, 5.74) is 6.43. The second-order valence-corrected chi connectivity index (χ2v) is 8.19. The molecule has 0 spiro atoms. The van der Waals surface area contributed by atoms with E-state index in [-0.39, 0.29) is 5.56 Å². The van der Waals surface area contributed by atoms with E-state index in [1.165, 1.54) is 18.5 Å². The number of anilines is 1. The van der Waals surface area contributed by atoms with E-state index in [4.69, 9.17) is 5.73 Å². The largest absolute Gasteiger partial charge is 0.416 e. The number of nitrogens with two attached hydrogens (primary N) is 1. The summed E-state index contributed by atoms with van der Waals surface area (Å²) in [6.45, 7) is 3.06. The first kappa shape index (κ1) is 22.1. The van der Waals surface area contributed by atoms with E-state index in [9.17, 15) is 18.0 Å². The lowest BCUT2D eigenvalue weighted by atomic mass is 9.97. The van der Waals surface area contributed by atoms with E-state index >= 15 is 0 Å². The number of hydrogen-bond acceptors (Lipinski definition) is 5. The zero-order valence-electron chi connectivity index (χ0n) is 17.7. The summed E-state index contributed by atoms with van der Waals surface area (Å²) in [6.07, 6.45) is 2.37. The van der Waals surface area contributed by atoms with Gasteiger partial charge in [0, 0.05) is 56.2 Å². The summed E-state index contributed by atoms with van der Waals surface area (Å²) in [6, 6.07) is 3.89. The highest BCUT2D eigenvalue weighted by Crippen LogP contribution is 2.32. The molecule has 1 amide bonds. The molecule has 0 radical (unpaired) electrons. The van der Waals surface area contributed by atoms with Crippen LogP contribution < -0.4 is 16.0 Å². The molecule has 1 saturated heterocycles. The third-order valence-electron chi connectivity index (χ3n) is 5.97. The van der Waals surface area contributed by atoms with Crippen LogP contribution in [-0.4, -0.2) is 40.1 Å². The van der Waals surface area contributed by atoms with Crippen LogP contribution in [-0.2, 0) is 19.8 Å². The standard InChI is InChI=1S/C22H25F3N6O/c1-30-13-16(18-3-2-17(8-19(18)30)22(23,24)25)10-27-9-14-4-6-31(7-5-14)21-28-11-15(12-29-21)20(26)32/h2-3,8,11-14,27H,4-7,9-10H2,1H3,(H2,26,32). The Morgan fingerprint density at radius 2 is 1.91 bits per heavy atom. The normalized spacial score (nSPS) is 15.4. The number of aryl methyl sites for hydroxylation is 1. The van der Waals surface area contributed by atoms with Crippen LogP contribution in [0.25, 0.3) is 10.9 Å². The van der Waals surface area contributed by atoms with Crippen molar-refractivity contribution in [2.24, 2.45) is 18.7 Å². The monoisotopic (exact) mass is 446 g/mol. The van der Waals surface area contributed by atoms with Gasteiger partial charge in [0.2, 0.25) is 5.95 Å². The van der Waals surface area contributed by atoms with Crippen LogP contribution in [0.15, 0.2) is 36.8 Å². The Morgan fingerprint density at radius 3 is 2.53 bits per heavy atom. The number of piperidine rings is 1. The van der Waals surface area contributed by atoms with Gasteiger partial charge in [-0.2, -0.15) is 13.2 Å². The van der Waals surface area contributed by atoms with Crippen molar-refractivity contribution in [2.45, 2.75) is 25.6 Å². The molecule has 0 unspecified atom stereocenters. The molecule has 4 rings (SSSR count). The number of hydrogen-bond donors (Lipinski definition) is 2. The number of carbonyl (C=O) groups excluding carboxylic acids is 1. The minimum atomic E-state index is -4.35. The van der Waals surface area contributed by atoms with Gasteiger partial charge in [-0.25, -0.2) is 9.97 Å². The Balaban J connectivity index is 1.30.